The number of amides is 2. The standard InChI is InChI=1S/C27H37N5O9/c1-10-36-21(33)14-11-27(14)17-16(37-26(8,9)38-17)20(39-27)31-13-30-15-18(31)28-12-29-19(15)32(22(34)40-24(2,3)4)23(35)41-25(5,6)7/h12-14,16-17,20H,10-11H2,1-9H3/t14-,16+,17?,20?,27+/m1/s1. The molecule has 2 aliphatic heterocycles. The van der Waals surface area contributed by atoms with Crippen LogP contribution in [0.5, 0.6) is 0 Å². The van der Waals surface area contributed by atoms with Crippen LogP contribution in [0.15, 0.2) is 12.7 Å². The highest BCUT2D eigenvalue weighted by molar-refractivity contribution is 6.12. The van der Waals surface area contributed by atoms with E-state index in [0.717, 1.165) is 0 Å². The van der Waals surface area contributed by atoms with E-state index in [1.54, 1.807) is 66.9 Å². The van der Waals surface area contributed by atoms with Crippen LogP contribution < -0.4 is 4.90 Å². The molecule has 4 heterocycles. The number of imidazole rings is 1. The van der Waals surface area contributed by atoms with Crippen LogP contribution in [0.3, 0.4) is 0 Å². The van der Waals surface area contributed by atoms with Gasteiger partial charge in [0.15, 0.2) is 29.0 Å². The zero-order valence-corrected chi connectivity index (χ0v) is 24.8. The number of nitrogens with zero attached hydrogens (tertiary/aromatic N) is 5. The Hall–Kier alpha value is -3.36. The summed E-state index contributed by atoms with van der Waals surface area (Å²) in [6, 6.07) is 0. The topological polar surface area (TPSA) is 153 Å². The van der Waals surface area contributed by atoms with E-state index in [1.807, 2.05) is 0 Å². The average molecular weight is 576 g/mol. The number of carbonyl (C=O) groups excluding carboxylic acids is 3. The van der Waals surface area contributed by atoms with Gasteiger partial charge in [0, 0.05) is 0 Å². The van der Waals surface area contributed by atoms with E-state index in [-0.39, 0.29) is 29.6 Å². The molecular formula is C27H37N5O9. The minimum atomic E-state index is -0.984. The number of hydrogen-bond donors (Lipinski definition) is 0. The van der Waals surface area contributed by atoms with Crippen molar-refractivity contribution < 1.29 is 42.8 Å². The second kappa shape index (κ2) is 9.60. The first kappa shape index (κ1) is 29.1. The molecule has 5 atom stereocenters. The third-order valence-electron chi connectivity index (χ3n) is 6.73. The maximum atomic E-state index is 13.3. The van der Waals surface area contributed by atoms with Gasteiger partial charge in [-0.15, -0.1) is 0 Å². The molecule has 224 valence electrons. The summed E-state index contributed by atoms with van der Waals surface area (Å²) in [5, 5.41) is 0. The highest BCUT2D eigenvalue weighted by atomic mass is 16.8. The summed E-state index contributed by atoms with van der Waals surface area (Å²) in [5.41, 5.74) is -2.36. The molecule has 14 heteroatoms. The Morgan fingerprint density at radius 1 is 1.00 bits per heavy atom. The van der Waals surface area contributed by atoms with E-state index in [2.05, 4.69) is 15.0 Å². The van der Waals surface area contributed by atoms with Gasteiger partial charge in [-0.1, -0.05) is 0 Å². The van der Waals surface area contributed by atoms with E-state index in [4.69, 9.17) is 28.4 Å². The van der Waals surface area contributed by atoms with Crippen molar-refractivity contribution in [2.24, 2.45) is 5.92 Å². The number of esters is 1. The molecule has 41 heavy (non-hydrogen) atoms. The number of aromatic nitrogens is 4. The highest BCUT2D eigenvalue weighted by Gasteiger charge is 2.76. The summed E-state index contributed by atoms with van der Waals surface area (Å²) in [5.74, 6) is -1.91. The summed E-state index contributed by atoms with van der Waals surface area (Å²) in [4.78, 5) is 52.9. The average Bonchev–Trinajstić information content (AvgIpc) is 3.06. The molecule has 0 radical (unpaired) electrons. The molecular weight excluding hydrogens is 538 g/mol. The minimum absolute atomic E-state index is 0.124. The molecule has 2 saturated heterocycles. The van der Waals surface area contributed by atoms with Crippen LogP contribution in [0.4, 0.5) is 15.4 Å². The highest BCUT2D eigenvalue weighted by Crippen LogP contribution is 2.62. The molecule has 2 unspecified atom stereocenters. The SMILES string of the molecule is CCOC(=O)[C@H]1C[C@]12OC(n1cnc3c(N(C(=O)OC(C)(C)C)C(=O)OC(C)(C)C)ncnc31)[C@H]1OC(C)(C)OC12. The second-order valence-corrected chi connectivity index (χ2v) is 12.8. The van der Waals surface area contributed by atoms with Gasteiger partial charge in [0.2, 0.25) is 0 Å². The normalized spacial score (nSPS) is 28.4. The van der Waals surface area contributed by atoms with Crippen LogP contribution in [0, 0.1) is 5.92 Å². The third-order valence-corrected chi connectivity index (χ3v) is 6.73. The third kappa shape index (κ3) is 5.35. The molecule has 2 aromatic heterocycles. The molecule has 3 fully saturated rings. The number of hydrogen-bond acceptors (Lipinski definition) is 12. The molecule has 2 aromatic rings. The predicted molar refractivity (Wildman–Crippen MR) is 142 cm³/mol. The van der Waals surface area contributed by atoms with Crippen molar-refractivity contribution in [3.63, 3.8) is 0 Å². The molecule has 0 bridgehead atoms. The van der Waals surface area contributed by atoms with E-state index in [9.17, 15) is 14.4 Å². The molecule has 14 nitrogen and oxygen atoms in total. The van der Waals surface area contributed by atoms with Gasteiger partial charge in [-0.2, -0.15) is 4.90 Å². The first-order valence-electron chi connectivity index (χ1n) is 13.6. The molecule has 0 aromatic carbocycles. The fourth-order valence-corrected chi connectivity index (χ4v) is 5.23. The van der Waals surface area contributed by atoms with Crippen LogP contribution >= 0.6 is 0 Å². The quantitative estimate of drug-likeness (QED) is 0.384. The van der Waals surface area contributed by atoms with Gasteiger partial charge in [0.05, 0.1) is 18.9 Å². The Morgan fingerprint density at radius 3 is 2.22 bits per heavy atom. The molecule has 0 N–H and O–H groups in total. The zero-order chi connectivity index (χ0) is 30.1. The maximum Gasteiger partial charge on any atom is 0.425 e. The number of rotatable bonds is 4. The van der Waals surface area contributed by atoms with Gasteiger partial charge in [-0.25, -0.2) is 24.5 Å². The van der Waals surface area contributed by atoms with Gasteiger partial charge in [0.25, 0.3) is 0 Å². The van der Waals surface area contributed by atoms with Crippen molar-refractivity contribution in [2.75, 3.05) is 11.5 Å². The number of fused-ring (bicyclic) bond motifs is 3. The monoisotopic (exact) mass is 575 g/mol. The Bertz CT molecular complexity index is 1350. The Balaban J connectivity index is 1.54. The number of imide groups is 1. The van der Waals surface area contributed by atoms with Crippen LogP contribution in [0.1, 0.15) is 75.0 Å². The molecule has 2 amide bonds. The second-order valence-electron chi connectivity index (χ2n) is 12.8. The van der Waals surface area contributed by atoms with E-state index in [0.29, 0.717) is 11.3 Å². The van der Waals surface area contributed by atoms with Crippen molar-refractivity contribution in [1.82, 2.24) is 19.5 Å². The van der Waals surface area contributed by atoms with Crippen molar-refractivity contribution in [3.8, 4) is 0 Å². The van der Waals surface area contributed by atoms with E-state index >= 15 is 0 Å². The van der Waals surface area contributed by atoms with Gasteiger partial charge >= 0.3 is 18.2 Å². The van der Waals surface area contributed by atoms with Crippen molar-refractivity contribution in [3.05, 3.63) is 12.7 Å². The lowest BCUT2D eigenvalue weighted by atomic mass is 10.1. The van der Waals surface area contributed by atoms with Crippen molar-refractivity contribution in [1.29, 1.82) is 0 Å². The maximum absolute atomic E-state index is 13.3. The lowest BCUT2D eigenvalue weighted by molar-refractivity contribution is -0.205. The van der Waals surface area contributed by atoms with E-state index in [1.165, 1.54) is 12.7 Å². The van der Waals surface area contributed by atoms with E-state index < -0.39 is 59.1 Å². The fourth-order valence-electron chi connectivity index (χ4n) is 5.23. The minimum Gasteiger partial charge on any atom is -0.466 e. The van der Waals surface area contributed by atoms with Gasteiger partial charge in [-0.05, 0) is 68.7 Å². The summed E-state index contributed by atoms with van der Waals surface area (Å²) < 4.78 is 36.8. The van der Waals surface area contributed by atoms with Crippen LogP contribution in [-0.4, -0.2) is 79.1 Å². The van der Waals surface area contributed by atoms with Gasteiger partial charge in [-0.3, -0.25) is 9.36 Å². The number of carbonyl (C=O) groups is 3. The molecule has 3 aliphatic rings. The smallest absolute Gasteiger partial charge is 0.425 e. The largest absolute Gasteiger partial charge is 0.466 e. The molecule has 5 rings (SSSR count). The first-order chi connectivity index (χ1) is 19.0. The lowest BCUT2D eigenvalue weighted by Crippen LogP contribution is -2.44. The number of anilines is 1. The van der Waals surface area contributed by atoms with Gasteiger partial charge in [0.1, 0.15) is 35.3 Å². The summed E-state index contributed by atoms with van der Waals surface area (Å²) in [6.07, 6.45) is -0.824. The Labute approximate surface area is 237 Å². The summed E-state index contributed by atoms with van der Waals surface area (Å²) in [6.45, 7) is 15.7. The first-order valence-corrected chi connectivity index (χ1v) is 13.6. The summed E-state index contributed by atoms with van der Waals surface area (Å²) >= 11 is 0. The molecule has 1 aliphatic carbocycles. The van der Waals surface area contributed by atoms with Crippen molar-refractivity contribution in [2.45, 2.75) is 110 Å². The molecule has 1 spiro atoms. The Kier molecular flexibility index (Phi) is 6.82. The number of ether oxygens (including phenoxy) is 6. The van der Waals surface area contributed by atoms with Crippen LogP contribution in [0.2, 0.25) is 0 Å². The Morgan fingerprint density at radius 2 is 1.63 bits per heavy atom. The van der Waals surface area contributed by atoms with Crippen LogP contribution in [0.25, 0.3) is 11.2 Å². The van der Waals surface area contributed by atoms with Gasteiger partial charge < -0.3 is 28.4 Å². The van der Waals surface area contributed by atoms with Crippen LogP contribution in [-0.2, 0) is 33.2 Å². The summed E-state index contributed by atoms with van der Waals surface area (Å²) in [7, 11) is 0. The molecule has 1 saturated carbocycles. The fraction of sp³-hybridized carbons (Fsp3) is 0.704. The van der Waals surface area contributed by atoms with Crippen molar-refractivity contribution >= 4 is 35.1 Å². The lowest BCUT2D eigenvalue weighted by Gasteiger charge is -2.28. The predicted octanol–water partition coefficient (Wildman–Crippen LogP) is 3.87. The zero-order valence-electron chi connectivity index (χ0n) is 24.8.